The van der Waals surface area contributed by atoms with Gasteiger partial charge in [0.15, 0.2) is 0 Å². The summed E-state index contributed by atoms with van der Waals surface area (Å²) in [5.41, 5.74) is 1.22. The second kappa shape index (κ2) is 5.04. The van der Waals surface area contributed by atoms with Gasteiger partial charge in [0.05, 0.1) is 16.0 Å². The molecule has 0 aliphatic carbocycles. The molecule has 2 aliphatic rings. The number of hydrogen-bond donors (Lipinski definition) is 0. The third-order valence-corrected chi connectivity index (χ3v) is 13.0. The minimum Gasteiger partial charge on any atom is -0.277 e. The SMILES string of the molecule is Cc1cc2c(s1)-c1sc(-c3sc(C)c4c3C(=O)N(C)C4=O)cc1[Si]2(C)C. The Hall–Kier alpha value is -1.54. The summed E-state index contributed by atoms with van der Waals surface area (Å²) in [5.74, 6) is -0.331. The van der Waals surface area contributed by atoms with Crippen LogP contribution in [-0.2, 0) is 0 Å². The molecule has 7 heteroatoms. The minimum absolute atomic E-state index is 0.165. The van der Waals surface area contributed by atoms with Crippen LogP contribution < -0.4 is 10.4 Å². The van der Waals surface area contributed by atoms with E-state index >= 15 is 0 Å². The molecule has 5 rings (SSSR count). The van der Waals surface area contributed by atoms with Crippen molar-refractivity contribution in [2.24, 2.45) is 0 Å². The van der Waals surface area contributed by atoms with Gasteiger partial charge in [-0.2, -0.15) is 0 Å². The van der Waals surface area contributed by atoms with Crippen molar-refractivity contribution in [2.45, 2.75) is 26.9 Å². The Bertz CT molecular complexity index is 1150. The highest BCUT2D eigenvalue weighted by atomic mass is 32.1. The number of imide groups is 1. The Morgan fingerprint density at radius 3 is 2.19 bits per heavy atom. The summed E-state index contributed by atoms with van der Waals surface area (Å²) in [5, 5.41) is 3.02. The summed E-state index contributed by atoms with van der Waals surface area (Å²) in [6.45, 7) is 8.94. The predicted octanol–water partition coefficient (Wildman–Crippen LogP) is 4.18. The standard InChI is InChI=1S/C19H17NO2S3Si/c1-8-6-11-16(23-8)17-12(26(11,4)5)7-10(25-17)15-14-13(9(2)24-15)18(21)20(3)19(14)22/h6-7H,1-5H3. The zero-order valence-corrected chi connectivity index (χ0v) is 18.6. The van der Waals surface area contributed by atoms with Gasteiger partial charge < -0.3 is 0 Å². The molecule has 2 amide bonds. The molecular formula is C19H17NO2S3Si. The maximum Gasteiger partial charge on any atom is 0.262 e. The average molecular weight is 416 g/mol. The quantitative estimate of drug-likeness (QED) is 0.442. The number of nitrogens with zero attached hydrogens (tertiary/aromatic N) is 1. The number of thiophene rings is 3. The summed E-state index contributed by atoms with van der Waals surface area (Å²) >= 11 is 5.26. The first-order valence-corrected chi connectivity index (χ1v) is 13.9. The first-order valence-electron chi connectivity index (χ1n) is 8.43. The fourth-order valence-electron chi connectivity index (χ4n) is 4.04. The molecule has 0 radical (unpaired) electrons. The number of carbonyl (C=O) groups is 2. The van der Waals surface area contributed by atoms with E-state index in [4.69, 9.17) is 0 Å². The smallest absolute Gasteiger partial charge is 0.262 e. The number of amides is 2. The van der Waals surface area contributed by atoms with Crippen LogP contribution in [0.25, 0.3) is 19.5 Å². The Kier molecular flexibility index (Phi) is 3.22. The number of carbonyl (C=O) groups excluding carboxylic acids is 2. The Morgan fingerprint density at radius 2 is 1.46 bits per heavy atom. The van der Waals surface area contributed by atoms with E-state index in [2.05, 4.69) is 32.2 Å². The van der Waals surface area contributed by atoms with Gasteiger partial charge in [0.2, 0.25) is 0 Å². The third kappa shape index (κ3) is 1.86. The van der Waals surface area contributed by atoms with Crippen LogP contribution in [0.4, 0.5) is 0 Å². The molecule has 0 spiro atoms. The third-order valence-electron chi connectivity index (χ3n) is 5.49. The normalized spacial score (nSPS) is 17.0. The lowest BCUT2D eigenvalue weighted by Crippen LogP contribution is -2.48. The molecule has 0 unspecified atom stereocenters. The van der Waals surface area contributed by atoms with E-state index in [0.717, 1.165) is 14.6 Å². The van der Waals surface area contributed by atoms with Crippen LogP contribution in [0, 0.1) is 13.8 Å². The van der Waals surface area contributed by atoms with E-state index in [1.165, 1.54) is 24.7 Å². The predicted molar refractivity (Wildman–Crippen MR) is 114 cm³/mol. The molecule has 0 saturated heterocycles. The second-order valence-corrected chi connectivity index (χ2v) is 15.3. The molecule has 0 fully saturated rings. The van der Waals surface area contributed by atoms with Gasteiger partial charge in [0, 0.05) is 31.4 Å². The van der Waals surface area contributed by atoms with Gasteiger partial charge >= 0.3 is 0 Å². The Labute approximate surface area is 164 Å². The number of aryl methyl sites for hydroxylation is 2. The van der Waals surface area contributed by atoms with E-state index in [0.29, 0.717) is 11.1 Å². The van der Waals surface area contributed by atoms with E-state index in [9.17, 15) is 9.59 Å². The van der Waals surface area contributed by atoms with Crippen molar-refractivity contribution in [3.8, 4) is 19.5 Å². The maximum atomic E-state index is 12.6. The minimum atomic E-state index is -1.67. The van der Waals surface area contributed by atoms with E-state index < -0.39 is 8.07 Å². The molecule has 3 aromatic heterocycles. The van der Waals surface area contributed by atoms with Gasteiger partial charge in [-0.15, -0.1) is 34.0 Å². The lowest BCUT2D eigenvalue weighted by Gasteiger charge is -2.16. The van der Waals surface area contributed by atoms with Crippen LogP contribution in [0.15, 0.2) is 12.1 Å². The molecule has 3 nitrogen and oxygen atoms in total. The summed E-state index contributed by atoms with van der Waals surface area (Å²) in [6.07, 6.45) is 0. The summed E-state index contributed by atoms with van der Waals surface area (Å²) in [4.78, 5) is 33.5. The topological polar surface area (TPSA) is 37.4 Å². The van der Waals surface area contributed by atoms with Gasteiger partial charge in [0.25, 0.3) is 11.8 Å². The van der Waals surface area contributed by atoms with Crippen molar-refractivity contribution >= 4 is 64.3 Å². The monoisotopic (exact) mass is 415 g/mol. The van der Waals surface area contributed by atoms with E-state index in [1.807, 2.05) is 18.3 Å². The van der Waals surface area contributed by atoms with Crippen LogP contribution in [0.2, 0.25) is 13.1 Å². The van der Waals surface area contributed by atoms with Gasteiger partial charge in [0.1, 0.15) is 8.07 Å². The lowest BCUT2D eigenvalue weighted by molar-refractivity contribution is 0.0693. The second-order valence-electron chi connectivity index (χ2n) is 7.48. The first-order chi connectivity index (χ1) is 12.2. The van der Waals surface area contributed by atoms with Crippen molar-refractivity contribution in [1.29, 1.82) is 0 Å². The molecule has 2 aliphatic heterocycles. The largest absolute Gasteiger partial charge is 0.277 e. The van der Waals surface area contributed by atoms with Crippen LogP contribution in [0.5, 0.6) is 0 Å². The maximum absolute atomic E-state index is 12.6. The van der Waals surface area contributed by atoms with Crippen LogP contribution in [-0.4, -0.2) is 31.8 Å². The highest BCUT2D eigenvalue weighted by Gasteiger charge is 2.43. The van der Waals surface area contributed by atoms with Crippen LogP contribution in [0.1, 0.15) is 30.5 Å². The molecule has 0 aromatic carbocycles. The van der Waals surface area contributed by atoms with Crippen LogP contribution in [0.3, 0.4) is 0 Å². The lowest BCUT2D eigenvalue weighted by atomic mass is 10.1. The number of fused-ring (bicyclic) bond motifs is 4. The molecule has 0 atom stereocenters. The fourth-order valence-corrected chi connectivity index (χ4v) is 12.4. The van der Waals surface area contributed by atoms with Crippen LogP contribution >= 0.6 is 34.0 Å². The zero-order chi connectivity index (χ0) is 18.5. The van der Waals surface area contributed by atoms with Gasteiger partial charge in [-0.3, -0.25) is 14.5 Å². The van der Waals surface area contributed by atoms with E-state index in [1.54, 1.807) is 34.9 Å². The molecule has 0 bridgehead atoms. The highest BCUT2D eigenvalue weighted by Crippen LogP contribution is 2.47. The van der Waals surface area contributed by atoms with E-state index in [-0.39, 0.29) is 11.8 Å². The van der Waals surface area contributed by atoms with Crippen molar-refractivity contribution in [3.63, 3.8) is 0 Å². The molecule has 3 aromatic rings. The van der Waals surface area contributed by atoms with Crippen molar-refractivity contribution in [3.05, 3.63) is 33.0 Å². The zero-order valence-electron chi connectivity index (χ0n) is 15.1. The summed E-state index contributed by atoms with van der Waals surface area (Å²) < 4.78 is 0. The fraction of sp³-hybridized carbons (Fsp3) is 0.263. The van der Waals surface area contributed by atoms with Crippen molar-refractivity contribution in [1.82, 2.24) is 4.90 Å². The Balaban J connectivity index is 1.74. The van der Waals surface area contributed by atoms with Gasteiger partial charge in [-0.25, -0.2) is 0 Å². The molecule has 5 heterocycles. The average Bonchev–Trinajstić information content (AvgIpc) is 3.32. The highest BCUT2D eigenvalue weighted by molar-refractivity contribution is 7.31. The molecule has 0 saturated carbocycles. The first kappa shape index (κ1) is 16.6. The molecule has 132 valence electrons. The van der Waals surface area contributed by atoms with Gasteiger partial charge in [-0.05, 0) is 36.4 Å². The van der Waals surface area contributed by atoms with Crippen molar-refractivity contribution in [2.75, 3.05) is 7.05 Å². The summed E-state index contributed by atoms with van der Waals surface area (Å²) in [7, 11) is -0.0992. The Morgan fingerprint density at radius 1 is 0.846 bits per heavy atom. The number of hydrogen-bond acceptors (Lipinski definition) is 5. The van der Waals surface area contributed by atoms with Gasteiger partial charge in [-0.1, -0.05) is 13.1 Å². The molecular weight excluding hydrogens is 399 g/mol. The van der Waals surface area contributed by atoms with Crippen molar-refractivity contribution < 1.29 is 9.59 Å². The molecule has 26 heavy (non-hydrogen) atoms. The number of rotatable bonds is 1. The summed E-state index contributed by atoms with van der Waals surface area (Å²) in [6, 6.07) is 4.67. The molecule has 0 N–H and O–H groups in total.